The van der Waals surface area contributed by atoms with Gasteiger partial charge in [-0.05, 0) is 32.2 Å². The minimum absolute atomic E-state index is 0.0162. The number of nitriles is 1. The molecule has 2 atom stereocenters. The molecule has 0 saturated heterocycles. The molecule has 0 N–H and O–H groups in total. The minimum atomic E-state index is -0.107. The summed E-state index contributed by atoms with van der Waals surface area (Å²) in [5.74, 6) is 0. The van der Waals surface area contributed by atoms with Gasteiger partial charge in [-0.1, -0.05) is 12.7 Å². The van der Waals surface area contributed by atoms with Crippen LogP contribution in [-0.2, 0) is 0 Å². The molecule has 2 aromatic rings. The van der Waals surface area contributed by atoms with Crippen molar-refractivity contribution in [1.29, 1.82) is 5.26 Å². The normalized spacial score (nSPS) is 13.9. The molecule has 0 spiro atoms. The molecule has 0 saturated carbocycles. The van der Waals surface area contributed by atoms with E-state index in [0.717, 1.165) is 10.9 Å². The van der Waals surface area contributed by atoms with Crippen LogP contribution in [0.1, 0.15) is 24.9 Å². The Morgan fingerprint density at radius 1 is 1.64 bits per heavy atom. The smallest absolute Gasteiger partial charge is 0.101 e. The summed E-state index contributed by atoms with van der Waals surface area (Å²) in [6, 6.07) is 4.12. The predicted octanol–water partition coefficient (Wildman–Crippen LogP) is 4.24. The maximum atomic E-state index is 9.28. The largest absolute Gasteiger partial charge is 0.341 e. The molecular weight excluding hydrogens is 296 g/mol. The molecule has 2 heterocycles. The fourth-order valence-electron chi connectivity index (χ4n) is 2.38. The Balaban J connectivity index is 2.41. The highest BCUT2D eigenvalue weighted by Crippen LogP contribution is 2.29. The Labute approximate surface area is 135 Å². The first-order valence-electron chi connectivity index (χ1n) is 6.89. The van der Waals surface area contributed by atoms with Crippen LogP contribution in [0.15, 0.2) is 54.1 Å². The molecule has 0 amide bonds. The van der Waals surface area contributed by atoms with Gasteiger partial charge in [0.1, 0.15) is 6.07 Å². The van der Waals surface area contributed by atoms with E-state index in [0.29, 0.717) is 17.7 Å². The van der Waals surface area contributed by atoms with E-state index in [4.69, 9.17) is 11.6 Å². The van der Waals surface area contributed by atoms with Crippen molar-refractivity contribution < 1.29 is 0 Å². The zero-order valence-electron chi connectivity index (χ0n) is 12.4. The quantitative estimate of drug-likeness (QED) is 0.455. The summed E-state index contributed by atoms with van der Waals surface area (Å²) in [7, 11) is 0. The predicted molar refractivity (Wildman–Crippen MR) is 91.2 cm³/mol. The number of hydrogen-bond donors (Lipinski definition) is 0. The molecule has 2 rings (SSSR count). The van der Waals surface area contributed by atoms with Gasteiger partial charge in [0.15, 0.2) is 0 Å². The highest BCUT2D eigenvalue weighted by Gasteiger charge is 2.19. The molecule has 0 aliphatic carbocycles. The van der Waals surface area contributed by atoms with Gasteiger partial charge in [-0.15, -0.1) is 11.6 Å². The van der Waals surface area contributed by atoms with Gasteiger partial charge in [0, 0.05) is 24.0 Å². The summed E-state index contributed by atoms with van der Waals surface area (Å²) in [4.78, 5) is 7.84. The van der Waals surface area contributed by atoms with Gasteiger partial charge < -0.3 is 4.57 Å². The van der Waals surface area contributed by atoms with Crippen LogP contribution in [0.2, 0.25) is 0 Å². The number of rotatable bonds is 6. The molecule has 0 fully saturated rings. The molecule has 4 nitrogen and oxygen atoms in total. The molecular formula is C17H17ClN4. The highest BCUT2D eigenvalue weighted by atomic mass is 35.5. The molecule has 112 valence electrons. The summed E-state index contributed by atoms with van der Waals surface area (Å²) in [5.41, 5.74) is 2.17. The van der Waals surface area contributed by atoms with Gasteiger partial charge in [0.25, 0.3) is 0 Å². The van der Waals surface area contributed by atoms with E-state index in [1.165, 1.54) is 0 Å². The van der Waals surface area contributed by atoms with Crippen LogP contribution in [0.25, 0.3) is 10.9 Å². The van der Waals surface area contributed by atoms with Gasteiger partial charge in [-0.25, -0.2) is 0 Å². The van der Waals surface area contributed by atoms with Gasteiger partial charge in [0.05, 0.1) is 28.2 Å². The first-order valence-corrected chi connectivity index (χ1v) is 7.33. The second-order valence-corrected chi connectivity index (χ2v) is 5.68. The number of aromatic nitrogens is 2. The van der Waals surface area contributed by atoms with Crippen LogP contribution in [0.5, 0.6) is 0 Å². The van der Waals surface area contributed by atoms with E-state index >= 15 is 0 Å². The van der Waals surface area contributed by atoms with Gasteiger partial charge in [-0.2, -0.15) is 5.26 Å². The lowest BCUT2D eigenvalue weighted by Gasteiger charge is -2.21. The molecule has 5 heteroatoms. The number of hydrogen-bond acceptors (Lipinski definition) is 3. The summed E-state index contributed by atoms with van der Waals surface area (Å²) in [5, 5.41) is 10.0. The third-order valence-electron chi connectivity index (χ3n) is 3.53. The van der Waals surface area contributed by atoms with Gasteiger partial charge in [0.2, 0.25) is 0 Å². The molecule has 0 radical (unpaired) electrons. The number of aliphatic imine (C=N–C) groups is 1. The van der Waals surface area contributed by atoms with Gasteiger partial charge in [-0.3, -0.25) is 9.98 Å². The van der Waals surface area contributed by atoms with Gasteiger partial charge >= 0.3 is 0 Å². The van der Waals surface area contributed by atoms with E-state index < -0.39 is 0 Å². The molecule has 2 aromatic heterocycles. The lowest BCUT2D eigenvalue weighted by molar-refractivity contribution is 0.513. The maximum Gasteiger partial charge on any atom is 0.101 e. The van der Waals surface area contributed by atoms with Crippen molar-refractivity contribution >= 4 is 29.2 Å². The molecule has 0 aliphatic rings. The van der Waals surface area contributed by atoms with Crippen molar-refractivity contribution in [3.63, 3.8) is 0 Å². The van der Waals surface area contributed by atoms with E-state index in [9.17, 15) is 5.26 Å². The Kier molecular flexibility index (Phi) is 5.13. The molecule has 0 aliphatic heterocycles. The third kappa shape index (κ3) is 3.26. The lowest BCUT2D eigenvalue weighted by Crippen LogP contribution is -2.16. The topological polar surface area (TPSA) is 54.0 Å². The van der Waals surface area contributed by atoms with Crippen molar-refractivity contribution in [1.82, 2.24) is 9.55 Å². The number of alkyl halides is 1. The Bertz CT molecular complexity index is 765. The zero-order chi connectivity index (χ0) is 16.1. The third-order valence-corrected chi connectivity index (χ3v) is 3.82. The Morgan fingerprint density at radius 2 is 2.41 bits per heavy atom. The highest BCUT2D eigenvalue weighted by molar-refractivity contribution is 6.20. The summed E-state index contributed by atoms with van der Waals surface area (Å²) < 4.78 is 2.04. The van der Waals surface area contributed by atoms with Crippen LogP contribution in [0, 0.1) is 11.3 Å². The average Bonchev–Trinajstić information content (AvgIpc) is 2.89. The number of halogens is 1. The lowest BCUT2D eigenvalue weighted by atomic mass is 10.1. The SMILES string of the molecule is C=NC(=C)/C=C\C[C@H](C(C)Cl)n1cc(C#N)c2cnccc21. The van der Waals surface area contributed by atoms with Crippen LogP contribution in [0.4, 0.5) is 0 Å². The van der Waals surface area contributed by atoms with Crippen molar-refractivity contribution in [3.05, 3.63) is 54.6 Å². The number of fused-ring (bicyclic) bond motifs is 1. The summed E-state index contributed by atoms with van der Waals surface area (Å²) >= 11 is 6.37. The van der Waals surface area contributed by atoms with Crippen LogP contribution in [0.3, 0.4) is 0 Å². The molecule has 22 heavy (non-hydrogen) atoms. The molecule has 1 unspecified atom stereocenters. The first-order chi connectivity index (χ1) is 10.6. The van der Waals surface area contributed by atoms with Crippen LogP contribution >= 0.6 is 11.6 Å². The van der Waals surface area contributed by atoms with Crippen LogP contribution < -0.4 is 0 Å². The van der Waals surface area contributed by atoms with Crippen molar-refractivity contribution in [2.75, 3.05) is 0 Å². The number of pyridine rings is 1. The maximum absolute atomic E-state index is 9.28. The van der Waals surface area contributed by atoms with E-state index in [1.807, 2.05) is 35.9 Å². The van der Waals surface area contributed by atoms with Crippen LogP contribution in [-0.4, -0.2) is 21.6 Å². The average molecular weight is 313 g/mol. The van der Waals surface area contributed by atoms with E-state index in [2.05, 4.69) is 29.3 Å². The number of nitrogens with zero attached hydrogens (tertiary/aromatic N) is 4. The van der Waals surface area contributed by atoms with E-state index in [-0.39, 0.29) is 11.4 Å². The van der Waals surface area contributed by atoms with Crippen molar-refractivity contribution in [2.45, 2.75) is 24.8 Å². The van der Waals surface area contributed by atoms with Crippen molar-refractivity contribution in [3.8, 4) is 6.07 Å². The summed E-state index contributed by atoms with van der Waals surface area (Å²) in [6.07, 6.45) is 9.76. The first kappa shape index (κ1) is 16.0. The monoisotopic (exact) mass is 312 g/mol. The molecule has 0 aromatic carbocycles. The minimum Gasteiger partial charge on any atom is -0.341 e. The standard InChI is InChI=1S/C17H17ClN4/c1-12(20-3)5-4-6-16(13(2)18)22-11-14(9-19)15-10-21-8-7-17(15)22/h4-5,7-8,10-11,13,16H,1,3,6H2,2H3/b5-4-/t13?,16-/m1/s1. The number of allylic oxidation sites excluding steroid dienone is 2. The zero-order valence-corrected chi connectivity index (χ0v) is 13.2. The Hall–Kier alpha value is -2.38. The van der Waals surface area contributed by atoms with Crippen molar-refractivity contribution in [2.24, 2.45) is 4.99 Å². The fourth-order valence-corrected chi connectivity index (χ4v) is 2.60. The Morgan fingerprint density at radius 3 is 3.05 bits per heavy atom. The summed E-state index contributed by atoms with van der Waals surface area (Å²) in [6.45, 7) is 9.12. The fraction of sp³-hybridized carbons (Fsp3) is 0.235. The van der Waals surface area contributed by atoms with E-state index in [1.54, 1.807) is 12.4 Å². The second kappa shape index (κ2) is 7.06. The second-order valence-electron chi connectivity index (χ2n) is 4.99. The molecule has 0 bridgehead atoms.